The number of methoxy groups -OCH3 is 1. The van der Waals surface area contributed by atoms with Gasteiger partial charge in [-0.25, -0.2) is 4.57 Å². The molecule has 0 radical (unpaired) electrons. The zero-order valence-corrected chi connectivity index (χ0v) is 21.0. The summed E-state index contributed by atoms with van der Waals surface area (Å²) in [4.78, 5) is 18.3. The topological polar surface area (TPSA) is 73.0 Å². The highest BCUT2D eigenvalue weighted by Crippen LogP contribution is 2.29. The molecule has 0 fully saturated rings. The summed E-state index contributed by atoms with van der Waals surface area (Å²) in [5.41, 5.74) is 3.26. The molecule has 1 N–H and O–H groups in total. The molecule has 7 nitrogen and oxygen atoms in total. The second kappa shape index (κ2) is 11.4. The van der Waals surface area contributed by atoms with Gasteiger partial charge in [-0.1, -0.05) is 34.4 Å². The normalized spacial score (nSPS) is 14.7. The second-order valence-corrected chi connectivity index (χ2v) is 8.98. The minimum absolute atomic E-state index is 0.221. The molecule has 1 aromatic heterocycles. The first-order valence-electron chi connectivity index (χ1n) is 11.1. The lowest BCUT2D eigenvalue weighted by atomic mass is 10.1. The quantitative estimate of drug-likeness (QED) is 0.430. The predicted molar refractivity (Wildman–Crippen MR) is 135 cm³/mol. The van der Waals surface area contributed by atoms with Gasteiger partial charge in [0.15, 0.2) is 23.9 Å². The number of pyridine rings is 1. The number of rotatable bonds is 9. The summed E-state index contributed by atoms with van der Waals surface area (Å²) in [6, 6.07) is 14.4. The Hall–Kier alpha value is -3.29. The van der Waals surface area contributed by atoms with Crippen LogP contribution >= 0.6 is 23.2 Å². The highest BCUT2D eigenvalue weighted by molar-refractivity contribution is 6.35. The van der Waals surface area contributed by atoms with Crippen LogP contribution in [0.2, 0.25) is 10.0 Å². The largest absolute Gasteiger partial charge is 0.493 e. The second-order valence-electron chi connectivity index (χ2n) is 8.13. The number of carbonyl (C=O) groups is 1. The van der Waals surface area contributed by atoms with Gasteiger partial charge in [0, 0.05) is 46.1 Å². The number of carbonyl (C=O) groups excluding carboxylic acids is 1. The smallest absolute Gasteiger partial charge is 0.251 e. The molecule has 3 aromatic rings. The Bertz CT molecular complexity index is 1230. The van der Waals surface area contributed by atoms with E-state index in [2.05, 4.69) is 10.5 Å². The maximum Gasteiger partial charge on any atom is 0.251 e. The summed E-state index contributed by atoms with van der Waals surface area (Å²) in [5, 5.41) is 8.26. The van der Waals surface area contributed by atoms with Crippen molar-refractivity contribution >= 4 is 34.8 Å². The monoisotopic (exact) mass is 514 g/mol. The molecule has 0 spiro atoms. The number of amides is 1. The summed E-state index contributed by atoms with van der Waals surface area (Å²) in [6.45, 7) is 0.695. The first-order chi connectivity index (χ1) is 16.9. The Labute approximate surface area is 214 Å². The van der Waals surface area contributed by atoms with E-state index in [0.29, 0.717) is 53.1 Å². The maximum absolute atomic E-state index is 12.8. The van der Waals surface area contributed by atoms with Crippen LogP contribution in [-0.2, 0) is 18.3 Å². The van der Waals surface area contributed by atoms with Gasteiger partial charge in [-0.3, -0.25) is 4.79 Å². The van der Waals surface area contributed by atoms with Gasteiger partial charge in [0.1, 0.15) is 13.2 Å². The third-order valence-corrected chi connectivity index (χ3v) is 6.19. The molecular formula is C26H26Cl2N3O4+. The van der Waals surface area contributed by atoms with Crippen LogP contribution in [0.15, 0.2) is 66.1 Å². The summed E-state index contributed by atoms with van der Waals surface area (Å²) < 4.78 is 13.3. The fourth-order valence-electron chi connectivity index (χ4n) is 3.64. The number of aryl methyl sites for hydroxylation is 1. The molecule has 182 valence electrons. The van der Waals surface area contributed by atoms with Crippen molar-refractivity contribution < 1.29 is 23.7 Å². The molecule has 1 amide bonds. The van der Waals surface area contributed by atoms with Crippen LogP contribution in [0.3, 0.4) is 0 Å². The number of nitrogens with one attached hydrogen (secondary N) is 1. The van der Waals surface area contributed by atoms with E-state index in [0.717, 1.165) is 16.8 Å². The molecule has 4 rings (SSSR count). The number of nitrogens with zero attached hydrogens (tertiary/aromatic N) is 2. The molecule has 2 aromatic carbocycles. The molecule has 0 saturated heterocycles. The standard InChI is InChI=1S/C26H25Cl2N3O4/c1-31-10-7-18(8-11-31)23-15-21(35-30-23)16-29-26(32)19-4-6-24(33-2)25(13-19)34-12-9-17-3-5-20(27)14-22(17)28/h3-8,10-11,13-14,21H,9,12,15-16H2,1-2H3/p+1. The van der Waals surface area contributed by atoms with Crippen molar-refractivity contribution in [2.45, 2.75) is 18.9 Å². The first-order valence-corrected chi connectivity index (χ1v) is 11.9. The fraction of sp³-hybridized carbons (Fsp3) is 0.269. The molecule has 1 aliphatic rings. The van der Waals surface area contributed by atoms with E-state index in [1.54, 1.807) is 37.4 Å². The van der Waals surface area contributed by atoms with Gasteiger partial charge in [-0.2, -0.15) is 0 Å². The Balaban J connectivity index is 1.31. The van der Waals surface area contributed by atoms with Gasteiger partial charge in [0.05, 0.1) is 26.0 Å². The van der Waals surface area contributed by atoms with E-state index in [1.165, 1.54) is 0 Å². The van der Waals surface area contributed by atoms with Gasteiger partial charge >= 0.3 is 0 Å². The van der Waals surface area contributed by atoms with E-state index in [-0.39, 0.29) is 12.0 Å². The number of halogens is 2. The van der Waals surface area contributed by atoms with Crippen LogP contribution in [0.25, 0.3) is 0 Å². The van der Waals surface area contributed by atoms with Crippen LogP contribution in [0, 0.1) is 0 Å². The lowest BCUT2D eigenvalue weighted by Crippen LogP contribution is -2.32. The summed E-state index contributed by atoms with van der Waals surface area (Å²) in [7, 11) is 3.51. The summed E-state index contributed by atoms with van der Waals surface area (Å²) >= 11 is 12.2. The van der Waals surface area contributed by atoms with Crippen LogP contribution < -0.4 is 19.4 Å². The van der Waals surface area contributed by atoms with E-state index in [9.17, 15) is 4.79 Å². The Kier molecular flexibility index (Phi) is 8.10. The zero-order chi connectivity index (χ0) is 24.8. The molecule has 1 unspecified atom stereocenters. The molecule has 1 atom stereocenters. The van der Waals surface area contributed by atoms with Gasteiger partial charge in [-0.15, -0.1) is 0 Å². The van der Waals surface area contributed by atoms with Crippen molar-refractivity contribution in [3.63, 3.8) is 0 Å². The molecular weight excluding hydrogens is 489 g/mol. The van der Waals surface area contributed by atoms with Crippen molar-refractivity contribution in [2.24, 2.45) is 12.2 Å². The molecule has 35 heavy (non-hydrogen) atoms. The number of aromatic nitrogens is 1. The molecule has 0 bridgehead atoms. The highest BCUT2D eigenvalue weighted by atomic mass is 35.5. The van der Waals surface area contributed by atoms with E-state index in [4.69, 9.17) is 37.5 Å². The Morgan fingerprint density at radius 1 is 1.14 bits per heavy atom. The van der Waals surface area contributed by atoms with Crippen LogP contribution in [0.4, 0.5) is 0 Å². The molecule has 0 aliphatic carbocycles. The number of ether oxygens (including phenoxy) is 2. The predicted octanol–water partition coefficient (Wildman–Crippen LogP) is 4.37. The first kappa shape index (κ1) is 24.8. The summed E-state index contributed by atoms with van der Waals surface area (Å²) in [6.07, 6.45) is 4.90. The number of hydrogen-bond acceptors (Lipinski definition) is 5. The maximum atomic E-state index is 12.8. The zero-order valence-electron chi connectivity index (χ0n) is 19.5. The van der Waals surface area contributed by atoms with E-state index < -0.39 is 0 Å². The van der Waals surface area contributed by atoms with Crippen molar-refractivity contribution in [1.29, 1.82) is 0 Å². The molecule has 2 heterocycles. The van der Waals surface area contributed by atoms with Crippen molar-refractivity contribution in [3.8, 4) is 11.5 Å². The lowest BCUT2D eigenvalue weighted by molar-refractivity contribution is -0.671. The fourth-order valence-corrected chi connectivity index (χ4v) is 4.14. The average molecular weight is 515 g/mol. The third kappa shape index (κ3) is 6.44. The van der Waals surface area contributed by atoms with Gasteiger partial charge in [0.2, 0.25) is 0 Å². The average Bonchev–Trinajstić information content (AvgIpc) is 3.33. The number of hydrogen-bond donors (Lipinski definition) is 1. The van der Waals surface area contributed by atoms with Gasteiger partial charge < -0.3 is 19.6 Å². The molecule has 1 aliphatic heterocycles. The highest BCUT2D eigenvalue weighted by Gasteiger charge is 2.23. The lowest BCUT2D eigenvalue weighted by Gasteiger charge is -2.14. The third-order valence-electron chi connectivity index (χ3n) is 5.60. The number of oxime groups is 1. The Morgan fingerprint density at radius 2 is 1.94 bits per heavy atom. The molecule has 0 saturated carbocycles. The minimum Gasteiger partial charge on any atom is -0.493 e. The van der Waals surface area contributed by atoms with Crippen molar-refractivity contribution in [2.75, 3.05) is 20.3 Å². The molecule has 9 heteroatoms. The van der Waals surface area contributed by atoms with E-state index >= 15 is 0 Å². The van der Waals surface area contributed by atoms with Gasteiger partial charge in [-0.05, 0) is 35.9 Å². The van der Waals surface area contributed by atoms with Crippen molar-refractivity contribution in [3.05, 3.63) is 87.7 Å². The Morgan fingerprint density at radius 3 is 2.69 bits per heavy atom. The van der Waals surface area contributed by atoms with Crippen LogP contribution in [0.5, 0.6) is 11.5 Å². The minimum atomic E-state index is -0.234. The van der Waals surface area contributed by atoms with Gasteiger partial charge in [0.25, 0.3) is 5.91 Å². The van der Waals surface area contributed by atoms with Crippen LogP contribution in [0.1, 0.15) is 27.9 Å². The number of benzene rings is 2. The van der Waals surface area contributed by atoms with Crippen LogP contribution in [-0.4, -0.2) is 38.0 Å². The van der Waals surface area contributed by atoms with E-state index in [1.807, 2.05) is 42.2 Å². The van der Waals surface area contributed by atoms with Crippen molar-refractivity contribution in [1.82, 2.24) is 5.32 Å². The summed E-state index contributed by atoms with van der Waals surface area (Å²) in [5.74, 6) is 0.782. The SMILES string of the molecule is COc1ccc(C(=O)NCC2CC(c3cc[n+](C)cc3)=NO2)cc1OCCc1ccc(Cl)cc1Cl.